The Hall–Kier alpha value is -3.96. The minimum absolute atomic E-state index is 0.0805. The van der Waals surface area contributed by atoms with Crippen molar-refractivity contribution in [1.82, 2.24) is 0 Å². The number of piperidine rings is 2. The standard InChI is InChI=1S/C34H41N2O9/c1-9-19-17-36(3)27-15-22(19)32(31(38)43-8,18-44-30(37)20-12-25(40-5)29(42-7)26(13-20)41-6)33-16-28(36)45-34(27,33)35(2)24-11-10-21(39-4)14-23(24)33/h9-14,22,27-28H,15-18H2,1-8H3/q+1/b19-9-/t22-,27-,28-,32?,33-,34-,36?/m0/s1. The number of carbonyl (C=O) groups is 2. The van der Waals surface area contributed by atoms with Gasteiger partial charge in [-0.1, -0.05) is 6.08 Å². The van der Waals surface area contributed by atoms with Gasteiger partial charge in [-0.05, 0) is 48.4 Å². The number of hydrogen-bond acceptors (Lipinski definition) is 10. The highest BCUT2D eigenvalue weighted by atomic mass is 16.6. The quantitative estimate of drug-likeness (QED) is 0.247. The Morgan fingerprint density at radius 3 is 2.36 bits per heavy atom. The van der Waals surface area contributed by atoms with Crippen molar-refractivity contribution in [3.8, 4) is 23.0 Å². The zero-order valence-corrected chi connectivity index (χ0v) is 27.1. The maximum atomic E-state index is 14.7. The number of nitrogens with zero attached hydrogens (tertiary/aromatic N) is 2. The Balaban J connectivity index is 1.43. The predicted octanol–water partition coefficient (Wildman–Crippen LogP) is 3.68. The highest BCUT2D eigenvalue weighted by Crippen LogP contribution is 2.79. The van der Waals surface area contributed by atoms with Crippen LogP contribution in [-0.2, 0) is 24.4 Å². The summed E-state index contributed by atoms with van der Waals surface area (Å²) in [4.78, 5) is 30.9. The van der Waals surface area contributed by atoms with Gasteiger partial charge in [-0.3, -0.25) is 14.0 Å². The molecule has 0 N–H and O–H groups in total. The molecule has 0 amide bonds. The monoisotopic (exact) mass is 621 g/mol. The third-order valence-corrected chi connectivity index (χ3v) is 11.8. The van der Waals surface area contributed by atoms with E-state index in [4.69, 9.17) is 33.2 Å². The Morgan fingerprint density at radius 2 is 1.76 bits per heavy atom. The van der Waals surface area contributed by atoms with Crippen molar-refractivity contribution in [2.24, 2.45) is 11.3 Å². The summed E-state index contributed by atoms with van der Waals surface area (Å²) >= 11 is 0. The van der Waals surface area contributed by atoms with E-state index in [0.717, 1.165) is 27.9 Å². The summed E-state index contributed by atoms with van der Waals surface area (Å²) in [5, 5.41) is 0. The minimum Gasteiger partial charge on any atom is -0.497 e. The number of allylic oxidation sites excluding steroid dienone is 1. The molecule has 3 saturated heterocycles. The highest BCUT2D eigenvalue weighted by molar-refractivity contribution is 5.92. The first-order valence-corrected chi connectivity index (χ1v) is 15.2. The number of benzene rings is 2. The number of quaternary nitrogens is 1. The molecule has 2 unspecified atom stereocenters. The molecule has 0 radical (unpaired) electrons. The van der Waals surface area contributed by atoms with Gasteiger partial charge in [0.1, 0.15) is 30.4 Å². The summed E-state index contributed by atoms with van der Waals surface area (Å²) in [7, 11) is 11.9. The van der Waals surface area contributed by atoms with E-state index in [2.05, 4.69) is 25.1 Å². The topological polar surface area (TPSA) is 102 Å². The minimum atomic E-state index is -1.30. The lowest BCUT2D eigenvalue weighted by Crippen LogP contribution is -2.83. The summed E-state index contributed by atoms with van der Waals surface area (Å²) in [5.41, 5.74) is 0.226. The maximum absolute atomic E-state index is 14.7. The third-order valence-electron chi connectivity index (χ3n) is 11.8. The fraction of sp³-hybridized carbons (Fsp3) is 0.529. The zero-order valence-electron chi connectivity index (χ0n) is 27.1. The largest absolute Gasteiger partial charge is 0.497 e. The average Bonchev–Trinajstić information content (AvgIpc) is 3.65. The van der Waals surface area contributed by atoms with Crippen molar-refractivity contribution < 1.29 is 47.2 Å². The van der Waals surface area contributed by atoms with E-state index in [0.29, 0.717) is 35.8 Å². The van der Waals surface area contributed by atoms with Crippen molar-refractivity contribution in [2.75, 3.05) is 67.7 Å². The van der Waals surface area contributed by atoms with E-state index in [9.17, 15) is 9.59 Å². The van der Waals surface area contributed by atoms with Gasteiger partial charge in [0.15, 0.2) is 17.7 Å². The van der Waals surface area contributed by atoms with Crippen LogP contribution in [0.2, 0.25) is 0 Å². The van der Waals surface area contributed by atoms with Crippen LogP contribution >= 0.6 is 0 Å². The first kappa shape index (κ1) is 29.7. The summed E-state index contributed by atoms with van der Waals surface area (Å²) in [6, 6.07) is 9.19. The van der Waals surface area contributed by atoms with Crippen molar-refractivity contribution in [1.29, 1.82) is 0 Å². The normalized spacial score (nSPS) is 35.6. The molecule has 4 aliphatic heterocycles. The van der Waals surface area contributed by atoms with E-state index in [1.807, 2.05) is 25.1 Å². The molecule has 11 heteroatoms. The third kappa shape index (κ3) is 3.22. The van der Waals surface area contributed by atoms with Gasteiger partial charge in [0.25, 0.3) is 0 Å². The number of anilines is 1. The van der Waals surface area contributed by atoms with E-state index in [1.165, 1.54) is 28.4 Å². The van der Waals surface area contributed by atoms with E-state index in [-0.39, 0.29) is 30.4 Å². The molecule has 2 aromatic rings. The second-order valence-corrected chi connectivity index (χ2v) is 12.9. The molecular formula is C34H41N2O9+. The van der Waals surface area contributed by atoms with Crippen molar-refractivity contribution in [3.05, 3.63) is 53.1 Å². The number of carbonyl (C=O) groups excluding carboxylic acids is 2. The molecule has 11 nitrogen and oxygen atoms in total. The fourth-order valence-corrected chi connectivity index (χ4v) is 9.98. The van der Waals surface area contributed by atoms with Crippen LogP contribution < -0.4 is 23.8 Å². The van der Waals surface area contributed by atoms with Crippen molar-refractivity contribution >= 4 is 17.6 Å². The lowest BCUT2D eigenvalue weighted by molar-refractivity contribution is -0.960. The van der Waals surface area contributed by atoms with Crippen LogP contribution in [0.4, 0.5) is 5.69 Å². The Labute approximate surface area is 263 Å². The molecule has 240 valence electrons. The van der Waals surface area contributed by atoms with Gasteiger partial charge in [0.2, 0.25) is 11.5 Å². The average molecular weight is 622 g/mol. The second kappa shape index (κ2) is 9.77. The Morgan fingerprint density at radius 1 is 1.04 bits per heavy atom. The highest BCUT2D eigenvalue weighted by Gasteiger charge is 2.93. The Kier molecular flexibility index (Phi) is 6.45. The second-order valence-electron chi connectivity index (χ2n) is 12.9. The van der Waals surface area contributed by atoms with Gasteiger partial charge < -0.3 is 33.3 Å². The van der Waals surface area contributed by atoms with Crippen LogP contribution in [0.3, 0.4) is 0 Å². The van der Waals surface area contributed by atoms with Gasteiger partial charge in [0.05, 0.1) is 53.6 Å². The van der Waals surface area contributed by atoms with Crippen LogP contribution in [0.15, 0.2) is 42.0 Å². The van der Waals surface area contributed by atoms with Crippen LogP contribution in [0.5, 0.6) is 23.0 Å². The molecule has 1 spiro atoms. The molecule has 4 heterocycles. The molecule has 1 aliphatic carbocycles. The number of rotatable bonds is 8. The summed E-state index contributed by atoms with van der Waals surface area (Å²) < 4.78 is 42.1. The number of esters is 2. The zero-order chi connectivity index (χ0) is 32.1. The summed E-state index contributed by atoms with van der Waals surface area (Å²) in [6.07, 6.45) is 3.20. The number of likely N-dealkylation sites (N-methyl/N-ethyl adjacent to an activating group) is 2. The predicted molar refractivity (Wildman–Crippen MR) is 163 cm³/mol. The molecule has 1 saturated carbocycles. The molecule has 2 aromatic carbocycles. The van der Waals surface area contributed by atoms with Gasteiger partial charge in [-0.15, -0.1) is 0 Å². The van der Waals surface area contributed by atoms with Gasteiger partial charge in [-0.25, -0.2) is 4.79 Å². The maximum Gasteiger partial charge on any atom is 0.338 e. The Bertz CT molecular complexity index is 1620. The lowest BCUT2D eigenvalue weighted by Gasteiger charge is -2.66. The number of fused-ring (bicyclic) bond motifs is 4. The summed E-state index contributed by atoms with van der Waals surface area (Å²) in [5.74, 6) is 0.407. The van der Waals surface area contributed by atoms with E-state index < -0.39 is 28.5 Å². The SMILES string of the molecule is C/C=C1/C[N+]2(C)[C@@H]3C[C@@]45c6cc(OC)ccc6N(C)[C@]4(O3)[C@@H]2C[C@@H]1C5(COC(=O)c1cc(OC)c(OC)c(OC)c1)C(=O)OC. The van der Waals surface area contributed by atoms with Gasteiger partial charge >= 0.3 is 11.9 Å². The first-order chi connectivity index (χ1) is 21.6. The van der Waals surface area contributed by atoms with Crippen LogP contribution in [0.25, 0.3) is 0 Å². The van der Waals surface area contributed by atoms with E-state index in [1.54, 1.807) is 19.2 Å². The molecule has 0 aromatic heterocycles. The lowest BCUT2D eigenvalue weighted by atomic mass is 9.41. The van der Waals surface area contributed by atoms with Gasteiger partial charge in [0, 0.05) is 31.5 Å². The van der Waals surface area contributed by atoms with Crippen LogP contribution in [-0.4, -0.2) is 97.2 Å². The number of methoxy groups -OCH3 is 5. The number of ether oxygens (including phenoxy) is 7. The molecule has 4 bridgehead atoms. The summed E-state index contributed by atoms with van der Waals surface area (Å²) in [6.45, 7) is 2.54. The van der Waals surface area contributed by atoms with Crippen LogP contribution in [0.1, 0.15) is 35.7 Å². The smallest absolute Gasteiger partial charge is 0.338 e. The molecule has 7 rings (SSSR count). The first-order valence-electron chi connectivity index (χ1n) is 15.2. The van der Waals surface area contributed by atoms with Crippen LogP contribution in [0, 0.1) is 11.3 Å². The molecule has 7 atom stereocenters. The van der Waals surface area contributed by atoms with Crippen molar-refractivity contribution in [3.63, 3.8) is 0 Å². The van der Waals surface area contributed by atoms with E-state index >= 15 is 0 Å². The fourth-order valence-electron chi connectivity index (χ4n) is 9.98. The van der Waals surface area contributed by atoms with Crippen molar-refractivity contribution in [2.45, 2.75) is 43.2 Å². The molecular weight excluding hydrogens is 580 g/mol. The molecule has 5 aliphatic rings. The number of hydrogen-bond donors (Lipinski definition) is 0. The molecule has 4 fully saturated rings. The molecule has 45 heavy (non-hydrogen) atoms. The van der Waals surface area contributed by atoms with Gasteiger partial charge in [-0.2, -0.15) is 0 Å².